The molecule has 10 heterocycles. The summed E-state index contributed by atoms with van der Waals surface area (Å²) < 4.78 is 73.5. The van der Waals surface area contributed by atoms with Gasteiger partial charge in [-0.05, 0) is 101 Å². The molecule has 324 valence electrons. The molecule has 6 aromatic rings. The van der Waals surface area contributed by atoms with E-state index in [4.69, 9.17) is 34.2 Å². The maximum Gasteiger partial charge on any atom is 0.227 e. The summed E-state index contributed by atoms with van der Waals surface area (Å²) in [4.78, 5) is 56.9. The number of carbonyl (C=O) groups is 2. The summed E-state index contributed by atoms with van der Waals surface area (Å²) in [5.74, 6) is -0.804. The minimum atomic E-state index is -2.25. The highest BCUT2D eigenvalue weighted by atomic mass is 35.5. The number of carbonyl (C=O) groups excluding carboxylic acids is 2. The SMILES string of the molecule is [2H]C1([2H])CC[C@@H](C(=O)N2CCCC2)C([2H])([2H])N1c1ccc2[nH]c(C3(n4cc(Cl)cn4)CC3)nc2n1.[2H]C1([2H])CC[C@H](C(=O)N2CCCC2)C([2H])([2H])N1c1ccc2[nH]c(C3(n4cc(Cl)cn4)CC3)nc2n1. The van der Waals surface area contributed by atoms with E-state index in [0.717, 1.165) is 61.2 Å². The number of rotatable bonds is 8. The van der Waals surface area contributed by atoms with Crippen molar-refractivity contribution < 1.29 is 20.6 Å². The summed E-state index contributed by atoms with van der Waals surface area (Å²) in [6.07, 6.45) is 14.1. The maximum atomic E-state index is 13.2. The Morgan fingerprint density at radius 2 is 1.03 bits per heavy atom. The van der Waals surface area contributed by atoms with Gasteiger partial charge in [-0.1, -0.05) is 23.2 Å². The van der Waals surface area contributed by atoms with E-state index in [0.29, 0.717) is 70.2 Å². The zero-order valence-electron chi connectivity index (χ0n) is 42.0. The molecule has 6 aromatic heterocycles. The first-order chi connectivity index (χ1) is 33.2. The zero-order valence-corrected chi connectivity index (χ0v) is 35.5. The Morgan fingerprint density at radius 1 is 0.613 bits per heavy atom. The number of hydrogen-bond donors (Lipinski definition) is 2. The Bertz CT molecular complexity index is 2790. The molecule has 12 rings (SSSR count). The van der Waals surface area contributed by atoms with Crippen molar-refractivity contribution in [2.75, 3.05) is 62.0 Å². The first kappa shape index (κ1) is 31.6. The standard InChI is InChI=1S/2C22H26ClN7O/c2*23-16-12-24-30(14-16)22(7-8-22)21-25-17-5-6-18(26-19(17)27-21)29-11-3-4-15(13-29)20(31)28-9-1-2-10-28/h2*5-6,12,14-15H,1-4,7-11,13H2,(H,25,26,27)/t2*15-/m10/s1/i2*11D2,13D2. The number of H-pyrrole nitrogens is 2. The van der Waals surface area contributed by atoms with E-state index < -0.39 is 48.9 Å². The van der Waals surface area contributed by atoms with Crippen LogP contribution in [0.3, 0.4) is 0 Å². The van der Waals surface area contributed by atoms with E-state index in [1.807, 2.05) is 0 Å². The number of halogens is 2. The number of piperidine rings is 2. The predicted molar refractivity (Wildman–Crippen MR) is 236 cm³/mol. The van der Waals surface area contributed by atoms with Gasteiger partial charge in [-0.2, -0.15) is 10.2 Å². The lowest BCUT2D eigenvalue weighted by Crippen LogP contribution is -2.44. The highest BCUT2D eigenvalue weighted by Gasteiger charge is 2.51. The maximum absolute atomic E-state index is 13.2. The van der Waals surface area contributed by atoms with Crippen LogP contribution in [0.2, 0.25) is 10.0 Å². The molecule has 0 bridgehead atoms. The first-order valence-electron chi connectivity index (χ1n) is 25.6. The van der Waals surface area contributed by atoms with E-state index in [-0.39, 0.29) is 49.1 Å². The molecule has 0 spiro atoms. The molecule has 2 atom stereocenters. The molecule has 0 aromatic carbocycles. The molecule has 2 N–H and O–H groups in total. The lowest BCUT2D eigenvalue weighted by atomic mass is 9.96. The lowest BCUT2D eigenvalue weighted by Gasteiger charge is -2.34. The van der Waals surface area contributed by atoms with E-state index >= 15 is 0 Å². The van der Waals surface area contributed by atoms with Crippen LogP contribution >= 0.6 is 23.2 Å². The van der Waals surface area contributed by atoms with Crippen molar-refractivity contribution in [3.05, 3.63) is 70.7 Å². The number of likely N-dealkylation sites (tertiary alicyclic amines) is 2. The van der Waals surface area contributed by atoms with Gasteiger partial charge >= 0.3 is 0 Å². The lowest BCUT2D eigenvalue weighted by molar-refractivity contribution is -0.135. The molecule has 2 saturated carbocycles. The van der Waals surface area contributed by atoms with Crippen LogP contribution in [0.5, 0.6) is 0 Å². The van der Waals surface area contributed by atoms with Crippen molar-refractivity contribution in [1.82, 2.24) is 59.3 Å². The van der Waals surface area contributed by atoms with Crippen molar-refractivity contribution in [2.45, 2.75) is 88.1 Å². The third-order valence-electron chi connectivity index (χ3n) is 12.8. The van der Waals surface area contributed by atoms with Crippen molar-refractivity contribution >= 4 is 69.0 Å². The van der Waals surface area contributed by atoms with Gasteiger partial charge < -0.3 is 29.6 Å². The molecule has 6 aliphatic rings. The number of imidazole rings is 2. The summed E-state index contributed by atoms with van der Waals surface area (Å²) in [5, 5.41) is 9.77. The largest absolute Gasteiger partial charge is 0.356 e. The summed E-state index contributed by atoms with van der Waals surface area (Å²) in [5.41, 5.74) is 1.21. The minimum Gasteiger partial charge on any atom is -0.356 e. The summed E-state index contributed by atoms with van der Waals surface area (Å²) in [6, 6.07) is 6.65. The molecule has 18 heteroatoms. The number of amides is 2. The van der Waals surface area contributed by atoms with Crippen LogP contribution in [-0.2, 0) is 20.7 Å². The summed E-state index contributed by atoms with van der Waals surface area (Å²) >= 11 is 12.1. The van der Waals surface area contributed by atoms with E-state index in [2.05, 4.69) is 40.1 Å². The Hall–Kier alpha value is -5.22. The van der Waals surface area contributed by atoms with Gasteiger partial charge in [-0.3, -0.25) is 19.0 Å². The quantitative estimate of drug-likeness (QED) is 0.176. The van der Waals surface area contributed by atoms with Gasteiger partial charge in [-0.25, -0.2) is 19.9 Å². The van der Waals surface area contributed by atoms with Crippen LogP contribution in [0, 0.1) is 11.8 Å². The van der Waals surface area contributed by atoms with Crippen LogP contribution in [-0.4, -0.2) is 123 Å². The summed E-state index contributed by atoms with van der Waals surface area (Å²) in [6.45, 7) is -5.99. The average Bonchev–Trinajstić information content (AvgIpc) is 3.76. The molecule has 62 heavy (non-hydrogen) atoms. The highest BCUT2D eigenvalue weighted by molar-refractivity contribution is 6.30. The van der Waals surface area contributed by atoms with Gasteiger partial charge in [0.1, 0.15) is 34.4 Å². The van der Waals surface area contributed by atoms with Crippen molar-refractivity contribution in [2.24, 2.45) is 11.8 Å². The Morgan fingerprint density at radius 3 is 1.40 bits per heavy atom. The number of pyridine rings is 2. The normalized spacial score (nSPS) is 28.1. The second-order valence-corrected chi connectivity index (χ2v) is 17.9. The number of fused-ring (bicyclic) bond motifs is 2. The van der Waals surface area contributed by atoms with Gasteiger partial charge in [0.15, 0.2) is 11.3 Å². The second-order valence-electron chi connectivity index (χ2n) is 17.0. The number of nitrogens with one attached hydrogen (secondary N) is 2. The summed E-state index contributed by atoms with van der Waals surface area (Å²) in [7, 11) is 0. The molecular weight excluding hydrogens is 827 g/mol. The van der Waals surface area contributed by atoms with Crippen LogP contribution < -0.4 is 9.80 Å². The van der Waals surface area contributed by atoms with Gasteiger partial charge in [0, 0.05) is 70.0 Å². The minimum absolute atomic E-state index is 0.0332. The highest BCUT2D eigenvalue weighted by Crippen LogP contribution is 2.49. The predicted octanol–water partition coefficient (Wildman–Crippen LogP) is 6.37. The molecule has 16 nitrogen and oxygen atoms in total. The number of aromatic amines is 2. The monoisotopic (exact) mass is 886 g/mol. The Balaban J connectivity index is 0.000000152. The molecule has 6 fully saturated rings. The molecule has 4 aliphatic heterocycles. The van der Waals surface area contributed by atoms with Gasteiger partial charge in [-0.15, -0.1) is 0 Å². The smallest absolute Gasteiger partial charge is 0.227 e. The van der Waals surface area contributed by atoms with Crippen molar-refractivity contribution in [3.8, 4) is 0 Å². The fourth-order valence-electron chi connectivity index (χ4n) is 9.05. The molecule has 0 radical (unpaired) electrons. The molecule has 0 unspecified atom stereocenters. The Labute approximate surface area is 380 Å². The number of aromatic nitrogens is 10. The third kappa shape index (κ3) is 7.35. The van der Waals surface area contributed by atoms with Gasteiger partial charge in [0.25, 0.3) is 0 Å². The molecular formula is C44H52Cl2N14O2. The number of anilines is 2. The van der Waals surface area contributed by atoms with Crippen molar-refractivity contribution in [1.29, 1.82) is 0 Å². The van der Waals surface area contributed by atoms with Gasteiger partial charge in [0.05, 0.1) is 50.8 Å². The Kier molecular flexibility index (Phi) is 8.07. The van der Waals surface area contributed by atoms with Crippen LogP contribution in [0.1, 0.15) is 99.7 Å². The fraction of sp³-hybridized carbons (Fsp3) is 0.545. The van der Waals surface area contributed by atoms with Crippen LogP contribution in [0.25, 0.3) is 22.3 Å². The average molecular weight is 888 g/mol. The fourth-order valence-corrected chi connectivity index (χ4v) is 9.32. The second kappa shape index (κ2) is 15.8. The molecule has 2 aliphatic carbocycles. The van der Waals surface area contributed by atoms with E-state index in [9.17, 15) is 9.59 Å². The van der Waals surface area contributed by atoms with E-state index in [1.54, 1.807) is 68.2 Å². The first-order valence-corrected chi connectivity index (χ1v) is 22.3. The molecule has 2 amide bonds. The van der Waals surface area contributed by atoms with Crippen LogP contribution in [0.15, 0.2) is 49.1 Å². The topological polar surface area (TPSA) is 166 Å². The third-order valence-corrected chi connectivity index (χ3v) is 13.2. The number of hydrogen-bond acceptors (Lipinski definition) is 10. The number of nitrogens with zero attached hydrogens (tertiary/aromatic N) is 12. The molecule has 4 saturated heterocycles. The zero-order chi connectivity index (χ0) is 49.2. The van der Waals surface area contributed by atoms with Crippen molar-refractivity contribution in [3.63, 3.8) is 0 Å². The van der Waals surface area contributed by atoms with Gasteiger partial charge in [0.2, 0.25) is 11.8 Å². The van der Waals surface area contributed by atoms with Crippen LogP contribution in [0.4, 0.5) is 11.6 Å². The van der Waals surface area contributed by atoms with E-state index in [1.165, 1.54) is 0 Å².